The van der Waals surface area contributed by atoms with Crippen molar-refractivity contribution >= 4 is 18.3 Å². The van der Waals surface area contributed by atoms with Crippen molar-refractivity contribution in [3.63, 3.8) is 0 Å². The minimum Gasteiger partial charge on any atom is -0.471 e. The third-order valence-electron chi connectivity index (χ3n) is 4.24. The van der Waals surface area contributed by atoms with Crippen LogP contribution in [-0.2, 0) is 6.54 Å². The molecule has 4 N–H and O–H groups in total. The number of carbonyl (C=O) groups is 1. The van der Waals surface area contributed by atoms with Gasteiger partial charge in [0.15, 0.2) is 0 Å². The molecule has 0 unspecified atom stereocenters. The Morgan fingerprint density at radius 3 is 2.86 bits per heavy atom. The van der Waals surface area contributed by atoms with E-state index in [0.717, 1.165) is 0 Å². The molecule has 8 nitrogen and oxygen atoms in total. The molecule has 1 aliphatic heterocycles. The van der Waals surface area contributed by atoms with E-state index in [1.807, 2.05) is 0 Å². The van der Waals surface area contributed by atoms with Gasteiger partial charge in [0.2, 0.25) is 5.88 Å². The first-order chi connectivity index (χ1) is 12.7. The summed E-state index contributed by atoms with van der Waals surface area (Å²) in [7, 11) is 0. The van der Waals surface area contributed by atoms with E-state index in [0.29, 0.717) is 30.6 Å². The molecule has 1 saturated heterocycles. The van der Waals surface area contributed by atoms with Gasteiger partial charge in [0.25, 0.3) is 5.91 Å². The Kier molecular flexibility index (Phi) is 6.97. The lowest BCUT2D eigenvalue weighted by Gasteiger charge is -2.27. The molecule has 2 atom stereocenters. The second-order valence-electron chi connectivity index (χ2n) is 7.35. The van der Waals surface area contributed by atoms with Gasteiger partial charge < -0.3 is 20.9 Å². The second-order valence-corrected chi connectivity index (χ2v) is 7.35. The number of pyridine rings is 1. The van der Waals surface area contributed by atoms with Crippen molar-refractivity contribution in [1.82, 2.24) is 20.1 Å². The Morgan fingerprint density at radius 2 is 2.21 bits per heavy atom. The molecule has 0 aliphatic carbocycles. The topological polar surface area (TPSA) is 115 Å². The lowest BCUT2D eigenvalue weighted by atomic mass is 10.1. The first-order valence-corrected chi connectivity index (χ1v) is 8.79. The Bertz CT molecular complexity index is 824. The number of carbonyl (C=O) groups excluding carboxylic acids is 1. The van der Waals surface area contributed by atoms with Crippen LogP contribution in [0.25, 0.3) is 11.1 Å². The van der Waals surface area contributed by atoms with E-state index in [1.54, 1.807) is 37.0 Å². The Hall–Kier alpha value is -2.23. The highest BCUT2D eigenvalue weighted by Gasteiger charge is 2.28. The molecule has 0 aromatic carbocycles. The summed E-state index contributed by atoms with van der Waals surface area (Å²) in [6.45, 7) is 4.53. The van der Waals surface area contributed by atoms with Crippen molar-refractivity contribution in [3.05, 3.63) is 30.2 Å². The molecule has 0 saturated carbocycles. The molecule has 154 valence electrons. The molecule has 1 fully saturated rings. The molecule has 1 aliphatic rings. The molecule has 10 heteroatoms. The minimum atomic E-state index is -1.18. The van der Waals surface area contributed by atoms with Crippen LogP contribution in [0.1, 0.15) is 30.6 Å². The van der Waals surface area contributed by atoms with Crippen LogP contribution in [-0.4, -0.2) is 56.7 Å². The number of primary amides is 1. The predicted molar refractivity (Wildman–Crippen MR) is 104 cm³/mol. The molecule has 3 heterocycles. The maximum Gasteiger partial charge on any atom is 0.254 e. The van der Waals surface area contributed by atoms with Gasteiger partial charge in [-0.25, -0.2) is 9.37 Å². The van der Waals surface area contributed by atoms with Gasteiger partial charge in [-0.3, -0.25) is 9.48 Å². The smallest absolute Gasteiger partial charge is 0.254 e. The number of aliphatic hydroxyl groups is 1. The Labute approximate surface area is 168 Å². The molecule has 0 radical (unpaired) electrons. The van der Waals surface area contributed by atoms with Gasteiger partial charge in [-0.2, -0.15) is 5.10 Å². The monoisotopic (exact) mass is 413 g/mol. The van der Waals surface area contributed by atoms with Gasteiger partial charge in [0, 0.05) is 30.1 Å². The summed E-state index contributed by atoms with van der Waals surface area (Å²) in [5.41, 5.74) is 5.99. The lowest BCUT2D eigenvalue weighted by molar-refractivity contribution is 0.0577. The van der Waals surface area contributed by atoms with E-state index in [2.05, 4.69) is 15.4 Å². The molecular formula is C18H25ClFN5O3. The number of halogens is 2. The van der Waals surface area contributed by atoms with E-state index in [4.69, 9.17) is 10.5 Å². The summed E-state index contributed by atoms with van der Waals surface area (Å²) in [6.07, 6.45) is 3.51. The maximum atomic E-state index is 14.0. The summed E-state index contributed by atoms with van der Waals surface area (Å²) in [5, 5.41) is 17.0. The normalized spacial score (nSPS) is 19.7. The summed E-state index contributed by atoms with van der Waals surface area (Å²) < 4.78 is 21.2. The van der Waals surface area contributed by atoms with E-state index in [1.165, 1.54) is 6.20 Å². The number of alkyl halides is 1. The van der Waals surface area contributed by atoms with Crippen molar-refractivity contribution in [2.24, 2.45) is 5.73 Å². The molecule has 0 spiro atoms. The van der Waals surface area contributed by atoms with Crippen LogP contribution in [0.15, 0.2) is 24.7 Å². The van der Waals surface area contributed by atoms with E-state index < -0.39 is 23.8 Å². The van der Waals surface area contributed by atoms with Gasteiger partial charge in [0.1, 0.15) is 17.8 Å². The minimum absolute atomic E-state index is 0. The number of piperidine rings is 1. The first-order valence-electron chi connectivity index (χ1n) is 8.79. The summed E-state index contributed by atoms with van der Waals surface area (Å²) in [4.78, 5) is 16.1. The fraction of sp³-hybridized carbons (Fsp3) is 0.500. The van der Waals surface area contributed by atoms with Crippen LogP contribution >= 0.6 is 12.4 Å². The highest BCUT2D eigenvalue weighted by Crippen LogP contribution is 2.26. The number of rotatable bonds is 6. The SMILES string of the molecule is CC(C)(O)Cn1cc(-c2cnc(O[C@@H]3CCNC[C@@H]3F)c(C(N)=O)c2)cn1.Cl. The average molecular weight is 414 g/mol. The quantitative estimate of drug-likeness (QED) is 0.657. The van der Waals surface area contributed by atoms with Crippen LogP contribution in [0, 0.1) is 0 Å². The number of aromatic nitrogens is 3. The molecule has 2 aromatic rings. The van der Waals surface area contributed by atoms with Crippen LogP contribution in [0.5, 0.6) is 5.88 Å². The van der Waals surface area contributed by atoms with Crippen LogP contribution in [0.3, 0.4) is 0 Å². The number of hydrogen-bond donors (Lipinski definition) is 3. The number of nitrogens with one attached hydrogen (secondary N) is 1. The van der Waals surface area contributed by atoms with Gasteiger partial charge in [-0.1, -0.05) is 0 Å². The summed E-state index contributed by atoms with van der Waals surface area (Å²) in [5.74, 6) is -0.669. The average Bonchev–Trinajstić information content (AvgIpc) is 3.03. The number of hydrogen-bond acceptors (Lipinski definition) is 6. The molecule has 3 rings (SSSR count). The first kappa shape index (κ1) is 22.1. The number of nitrogens with zero attached hydrogens (tertiary/aromatic N) is 3. The van der Waals surface area contributed by atoms with E-state index in [-0.39, 0.29) is 30.4 Å². The van der Waals surface area contributed by atoms with Gasteiger partial charge >= 0.3 is 0 Å². The van der Waals surface area contributed by atoms with Crippen LogP contribution in [0.2, 0.25) is 0 Å². The van der Waals surface area contributed by atoms with Crippen molar-refractivity contribution in [3.8, 4) is 17.0 Å². The van der Waals surface area contributed by atoms with Crippen molar-refractivity contribution in [2.75, 3.05) is 13.1 Å². The fourth-order valence-electron chi connectivity index (χ4n) is 2.95. The highest BCUT2D eigenvalue weighted by molar-refractivity contribution is 5.96. The highest BCUT2D eigenvalue weighted by atomic mass is 35.5. The Balaban J connectivity index is 0.00000280. The number of amides is 1. The molecular weight excluding hydrogens is 389 g/mol. The van der Waals surface area contributed by atoms with Crippen molar-refractivity contribution < 1.29 is 19.0 Å². The largest absolute Gasteiger partial charge is 0.471 e. The standard InChI is InChI=1S/C18H24FN5O3.ClH/c1-18(2,26)10-24-9-12(7-23-24)11-5-13(16(20)25)17(22-6-11)27-15-3-4-21-8-14(15)19;/h5-7,9,14-15,21,26H,3-4,8,10H2,1-2H3,(H2,20,25);1H/t14-,15+;/m0./s1. The van der Waals surface area contributed by atoms with Crippen LogP contribution < -0.4 is 15.8 Å². The Morgan fingerprint density at radius 1 is 1.46 bits per heavy atom. The molecule has 0 bridgehead atoms. The fourth-order valence-corrected chi connectivity index (χ4v) is 2.95. The molecule has 1 amide bonds. The third-order valence-corrected chi connectivity index (χ3v) is 4.24. The maximum absolute atomic E-state index is 14.0. The number of nitrogens with two attached hydrogens (primary N) is 1. The van der Waals surface area contributed by atoms with Crippen molar-refractivity contribution in [2.45, 2.75) is 44.7 Å². The summed E-state index contributed by atoms with van der Waals surface area (Å²) in [6, 6.07) is 1.56. The zero-order valence-electron chi connectivity index (χ0n) is 15.8. The van der Waals surface area contributed by atoms with Gasteiger partial charge in [-0.05, 0) is 32.9 Å². The third kappa shape index (κ3) is 5.40. The van der Waals surface area contributed by atoms with Crippen molar-refractivity contribution in [1.29, 1.82) is 0 Å². The lowest BCUT2D eigenvalue weighted by Crippen LogP contribution is -2.44. The van der Waals surface area contributed by atoms with E-state index in [9.17, 15) is 14.3 Å². The number of ether oxygens (including phenoxy) is 1. The second kappa shape index (κ2) is 8.85. The van der Waals surface area contributed by atoms with Gasteiger partial charge in [0.05, 0.1) is 18.3 Å². The van der Waals surface area contributed by atoms with Crippen LogP contribution in [0.4, 0.5) is 4.39 Å². The predicted octanol–water partition coefficient (Wildman–Crippen LogP) is 1.32. The van der Waals surface area contributed by atoms with E-state index >= 15 is 0 Å². The zero-order chi connectivity index (χ0) is 19.6. The molecule has 2 aromatic heterocycles. The molecule has 28 heavy (non-hydrogen) atoms. The summed E-state index contributed by atoms with van der Waals surface area (Å²) >= 11 is 0. The van der Waals surface area contributed by atoms with Gasteiger partial charge in [-0.15, -0.1) is 12.4 Å². The zero-order valence-corrected chi connectivity index (χ0v) is 16.6.